The van der Waals surface area contributed by atoms with Gasteiger partial charge in [-0.15, -0.1) is 0 Å². The number of anilines is 2. The van der Waals surface area contributed by atoms with Crippen molar-refractivity contribution in [2.75, 3.05) is 30.0 Å². The van der Waals surface area contributed by atoms with Gasteiger partial charge >= 0.3 is 0 Å². The van der Waals surface area contributed by atoms with Crippen LogP contribution in [0.1, 0.15) is 12.8 Å². The first-order valence-corrected chi connectivity index (χ1v) is 9.05. The number of carbonyl (C=O) groups is 1. The van der Waals surface area contributed by atoms with Gasteiger partial charge in [0.05, 0.1) is 12.0 Å². The molecule has 3 heterocycles. The van der Waals surface area contributed by atoms with E-state index in [4.69, 9.17) is 5.73 Å². The van der Waals surface area contributed by atoms with Crippen molar-refractivity contribution < 1.29 is 13.2 Å². The van der Waals surface area contributed by atoms with Gasteiger partial charge in [0.1, 0.15) is 9.90 Å². The molecule has 2 unspecified atom stereocenters. The number of hydrogen-bond donors (Lipinski definition) is 2. The molecule has 2 saturated heterocycles. The maximum atomic E-state index is 11.9. The molecule has 0 spiro atoms. The average Bonchev–Trinajstić information content (AvgIpc) is 2.93. The Bertz CT molecular complexity index is 655. The van der Waals surface area contributed by atoms with E-state index in [0.717, 1.165) is 37.2 Å². The summed E-state index contributed by atoms with van der Waals surface area (Å²) in [6, 6.07) is -0.00315. The quantitative estimate of drug-likeness (QED) is 0.786. The average molecular weight is 316 g/mol. The van der Waals surface area contributed by atoms with Crippen LogP contribution in [0.2, 0.25) is 0 Å². The van der Waals surface area contributed by atoms with Gasteiger partial charge in [0.2, 0.25) is 5.91 Å². The van der Waals surface area contributed by atoms with Crippen LogP contribution in [0, 0.1) is 5.92 Å². The number of nitrogens with one attached hydrogen (secondary N) is 1. The fourth-order valence-corrected chi connectivity index (χ4v) is 5.30. The molecule has 2 aliphatic rings. The number of piperidine rings is 1. The van der Waals surface area contributed by atoms with Crippen molar-refractivity contribution in [1.82, 2.24) is 9.69 Å². The molecule has 1 aromatic rings. The second-order valence-electron chi connectivity index (χ2n) is 5.23. The highest BCUT2D eigenvalue weighted by molar-refractivity contribution is 7.91. The maximum absolute atomic E-state index is 11.9. The third-order valence-electron chi connectivity index (χ3n) is 3.89. The van der Waals surface area contributed by atoms with E-state index < -0.39 is 9.84 Å². The first kappa shape index (κ1) is 13.6. The molecule has 2 atom stereocenters. The Morgan fingerprint density at radius 1 is 1.50 bits per heavy atom. The lowest BCUT2D eigenvalue weighted by Gasteiger charge is -2.36. The Morgan fingerprint density at radius 3 is 2.95 bits per heavy atom. The summed E-state index contributed by atoms with van der Waals surface area (Å²) in [5.74, 6) is 0.0319. The molecule has 110 valence electrons. The molecule has 0 aromatic carbocycles. The zero-order valence-corrected chi connectivity index (χ0v) is 12.6. The minimum absolute atomic E-state index is 0.00315. The van der Waals surface area contributed by atoms with Crippen LogP contribution >= 0.6 is 11.5 Å². The van der Waals surface area contributed by atoms with E-state index in [2.05, 4.69) is 9.69 Å². The Labute approximate surface area is 121 Å². The van der Waals surface area contributed by atoms with Crippen LogP contribution in [0.25, 0.3) is 0 Å². The van der Waals surface area contributed by atoms with Crippen LogP contribution in [0.3, 0.4) is 0 Å². The highest BCUT2D eigenvalue weighted by Crippen LogP contribution is 2.40. The first-order chi connectivity index (χ1) is 9.39. The van der Waals surface area contributed by atoms with E-state index >= 15 is 0 Å². The first-order valence-electron chi connectivity index (χ1n) is 6.39. The molecular weight excluding hydrogens is 300 g/mol. The van der Waals surface area contributed by atoms with Crippen molar-refractivity contribution >= 4 is 38.1 Å². The van der Waals surface area contributed by atoms with Gasteiger partial charge < -0.3 is 16.0 Å². The van der Waals surface area contributed by atoms with E-state index in [1.54, 1.807) is 0 Å². The number of rotatable bonds is 2. The lowest BCUT2D eigenvalue weighted by molar-refractivity contribution is -0.122. The number of amides is 1. The molecule has 20 heavy (non-hydrogen) atoms. The van der Waals surface area contributed by atoms with Crippen molar-refractivity contribution in [3.63, 3.8) is 0 Å². The lowest BCUT2D eigenvalue weighted by Crippen LogP contribution is -2.45. The minimum atomic E-state index is -3.44. The number of aromatic nitrogens is 1. The lowest BCUT2D eigenvalue weighted by atomic mass is 9.92. The van der Waals surface area contributed by atoms with Gasteiger partial charge in [0.15, 0.2) is 15.7 Å². The molecule has 1 amide bonds. The number of nitrogens with two attached hydrogens (primary N) is 1. The SMILES string of the molecule is CS(=O)(=O)c1c(N)nsc1N1CCCC2C(=O)NCC21. The Balaban J connectivity index is 2.03. The molecule has 7 nitrogen and oxygen atoms in total. The van der Waals surface area contributed by atoms with Crippen LogP contribution in [0.5, 0.6) is 0 Å². The van der Waals surface area contributed by atoms with Gasteiger partial charge in [-0.25, -0.2) is 8.42 Å². The molecule has 9 heteroatoms. The van der Waals surface area contributed by atoms with Gasteiger partial charge in [0, 0.05) is 19.3 Å². The summed E-state index contributed by atoms with van der Waals surface area (Å²) >= 11 is 1.09. The highest BCUT2D eigenvalue weighted by atomic mass is 32.2. The van der Waals surface area contributed by atoms with E-state index in [9.17, 15) is 13.2 Å². The predicted octanol–water partition coefficient (Wildman–Crippen LogP) is -0.156. The second-order valence-corrected chi connectivity index (χ2v) is 7.93. The van der Waals surface area contributed by atoms with E-state index in [1.807, 2.05) is 4.90 Å². The third-order valence-corrected chi connectivity index (χ3v) is 6.06. The second kappa shape index (κ2) is 4.59. The minimum Gasteiger partial charge on any atom is -0.382 e. The van der Waals surface area contributed by atoms with Gasteiger partial charge in [-0.05, 0) is 24.4 Å². The smallest absolute Gasteiger partial charge is 0.225 e. The standard InChI is InChI=1S/C11H16N4O3S2/c1-20(17,18)8-9(12)14-19-11(8)15-4-2-3-6-7(15)5-13-10(6)16/h6-7H,2-5H2,1H3,(H2,12,14)(H,13,16). The van der Waals surface area contributed by atoms with E-state index in [-0.39, 0.29) is 28.6 Å². The van der Waals surface area contributed by atoms with Crippen LogP contribution in [0.15, 0.2) is 4.90 Å². The Hall–Kier alpha value is -1.35. The molecule has 3 N–H and O–H groups in total. The maximum Gasteiger partial charge on any atom is 0.225 e. The topological polar surface area (TPSA) is 105 Å². The monoisotopic (exact) mass is 316 g/mol. The van der Waals surface area contributed by atoms with E-state index in [1.165, 1.54) is 0 Å². The largest absolute Gasteiger partial charge is 0.382 e. The van der Waals surface area contributed by atoms with Crippen LogP contribution in [-0.4, -0.2) is 44.1 Å². The molecule has 2 fully saturated rings. The molecule has 0 saturated carbocycles. The third kappa shape index (κ3) is 2.05. The highest BCUT2D eigenvalue weighted by Gasteiger charge is 2.42. The fourth-order valence-electron chi connectivity index (χ4n) is 3.02. The summed E-state index contributed by atoms with van der Waals surface area (Å²) in [4.78, 5) is 13.9. The number of carbonyl (C=O) groups excluding carboxylic acids is 1. The molecule has 0 aliphatic carbocycles. The van der Waals surface area contributed by atoms with Crippen molar-refractivity contribution in [3.05, 3.63) is 0 Å². The zero-order valence-electron chi connectivity index (χ0n) is 11.0. The van der Waals surface area contributed by atoms with Gasteiger partial charge in [-0.2, -0.15) is 4.37 Å². The van der Waals surface area contributed by atoms with Crippen LogP contribution in [0.4, 0.5) is 10.8 Å². The number of sulfone groups is 1. The Morgan fingerprint density at radius 2 is 2.25 bits per heavy atom. The Kier molecular flexibility index (Phi) is 3.13. The van der Waals surface area contributed by atoms with Crippen molar-refractivity contribution in [2.24, 2.45) is 5.92 Å². The molecule has 0 bridgehead atoms. The molecule has 3 rings (SSSR count). The number of nitrogen functional groups attached to an aromatic ring is 1. The summed E-state index contributed by atoms with van der Waals surface area (Å²) in [6.45, 7) is 1.27. The van der Waals surface area contributed by atoms with Gasteiger partial charge in [0.25, 0.3) is 0 Å². The molecular formula is C11H16N4O3S2. The summed E-state index contributed by atoms with van der Waals surface area (Å²) < 4.78 is 27.8. The summed E-state index contributed by atoms with van der Waals surface area (Å²) in [5.41, 5.74) is 5.71. The molecule has 2 aliphatic heterocycles. The molecule has 1 aromatic heterocycles. The van der Waals surface area contributed by atoms with Gasteiger partial charge in [-0.1, -0.05) is 0 Å². The van der Waals surface area contributed by atoms with Crippen LogP contribution in [-0.2, 0) is 14.6 Å². The summed E-state index contributed by atoms with van der Waals surface area (Å²) in [7, 11) is -3.44. The van der Waals surface area contributed by atoms with E-state index in [0.29, 0.717) is 11.5 Å². The van der Waals surface area contributed by atoms with Crippen molar-refractivity contribution in [1.29, 1.82) is 0 Å². The number of hydrogen-bond acceptors (Lipinski definition) is 7. The fraction of sp³-hybridized carbons (Fsp3) is 0.636. The van der Waals surface area contributed by atoms with Gasteiger partial charge in [-0.3, -0.25) is 4.79 Å². The zero-order chi connectivity index (χ0) is 14.5. The molecule has 0 radical (unpaired) electrons. The predicted molar refractivity (Wildman–Crippen MR) is 76.5 cm³/mol. The number of fused-ring (bicyclic) bond motifs is 1. The summed E-state index contributed by atoms with van der Waals surface area (Å²) in [6.07, 6.45) is 2.83. The van der Waals surface area contributed by atoms with Crippen LogP contribution < -0.4 is 16.0 Å². The normalized spacial score (nSPS) is 26.4. The van der Waals surface area contributed by atoms with Crippen molar-refractivity contribution in [2.45, 2.75) is 23.8 Å². The van der Waals surface area contributed by atoms with Crippen molar-refractivity contribution in [3.8, 4) is 0 Å². The number of nitrogens with zero attached hydrogens (tertiary/aromatic N) is 2. The summed E-state index contributed by atoms with van der Waals surface area (Å²) in [5, 5.41) is 3.42.